The second-order valence-electron chi connectivity index (χ2n) is 7.31. The monoisotopic (exact) mass is 368 g/mol. The summed E-state index contributed by atoms with van der Waals surface area (Å²) < 4.78 is 2.70. The van der Waals surface area contributed by atoms with E-state index in [4.69, 9.17) is 0 Å². The molecule has 1 heterocycles. The average molecular weight is 367 g/mol. The molecule has 1 aliphatic heterocycles. The van der Waals surface area contributed by atoms with Crippen LogP contribution in [0.4, 0.5) is 0 Å². The van der Waals surface area contributed by atoms with Gasteiger partial charge in [-0.2, -0.15) is 0 Å². The number of hydrogen-bond acceptors (Lipinski definition) is 2. The summed E-state index contributed by atoms with van der Waals surface area (Å²) in [5.74, 6) is 2.55. The minimum atomic E-state index is -1.82. The molecule has 2 aliphatic rings. The standard InChI is InChI=1S/C12H20BN2.3CH3.Sn/c1-11-6-4-5-7-12(11)10-13-14(2)8-9-15(13)3;;;;/h1,10H,4-9H2,2-3H3;3*1H3;. The van der Waals surface area contributed by atoms with Gasteiger partial charge in [0, 0.05) is 0 Å². The van der Waals surface area contributed by atoms with Gasteiger partial charge >= 0.3 is 124 Å². The molecule has 19 heavy (non-hydrogen) atoms. The van der Waals surface area contributed by atoms with E-state index in [-0.39, 0.29) is 0 Å². The summed E-state index contributed by atoms with van der Waals surface area (Å²) in [5, 5.41) is 0. The Kier molecular flexibility index (Phi) is 5.24. The second kappa shape index (κ2) is 6.36. The van der Waals surface area contributed by atoms with Crippen molar-refractivity contribution in [2.24, 2.45) is 0 Å². The molecule has 0 aromatic heterocycles. The molecule has 4 heteroatoms. The van der Waals surface area contributed by atoms with E-state index in [2.05, 4.69) is 48.6 Å². The van der Waals surface area contributed by atoms with E-state index in [1.165, 1.54) is 38.8 Å². The van der Waals surface area contributed by atoms with E-state index in [1.807, 2.05) is 0 Å². The third-order valence-corrected chi connectivity index (χ3v) is 7.69. The van der Waals surface area contributed by atoms with Crippen LogP contribution in [0.1, 0.15) is 25.7 Å². The predicted octanol–water partition coefficient (Wildman–Crippen LogP) is 3.20. The van der Waals surface area contributed by atoms with Gasteiger partial charge in [-0.05, 0) is 0 Å². The van der Waals surface area contributed by atoms with E-state index < -0.39 is 18.4 Å². The van der Waals surface area contributed by atoms with Crippen molar-refractivity contribution in [1.29, 1.82) is 0 Å². The van der Waals surface area contributed by atoms with Gasteiger partial charge in [0.25, 0.3) is 0 Å². The van der Waals surface area contributed by atoms with Crippen LogP contribution in [0.5, 0.6) is 0 Å². The zero-order valence-corrected chi connectivity index (χ0v) is 16.2. The maximum atomic E-state index is 2.70. The molecular weight excluding hydrogens is 338 g/mol. The summed E-state index contributed by atoms with van der Waals surface area (Å²) in [6.07, 6.45) is 5.39. The van der Waals surface area contributed by atoms with Crippen LogP contribution in [-0.2, 0) is 0 Å². The van der Waals surface area contributed by atoms with Crippen LogP contribution in [0.15, 0.2) is 21.2 Å². The van der Waals surface area contributed by atoms with Crippen molar-refractivity contribution >= 4 is 25.4 Å². The Labute approximate surface area is 123 Å². The van der Waals surface area contributed by atoms with Crippen molar-refractivity contribution in [3.63, 3.8) is 0 Å². The Morgan fingerprint density at radius 2 is 1.47 bits per heavy atom. The number of allylic oxidation sites excluding steroid dienone is 2. The third-order valence-electron chi connectivity index (χ3n) is 4.22. The van der Waals surface area contributed by atoms with Crippen molar-refractivity contribution in [1.82, 2.24) is 9.62 Å². The van der Waals surface area contributed by atoms with E-state index >= 15 is 0 Å². The minimum absolute atomic E-state index is 0.520. The third kappa shape index (κ3) is 4.37. The molecule has 1 saturated carbocycles. The molecule has 2 nitrogen and oxygen atoms in total. The van der Waals surface area contributed by atoms with Crippen LogP contribution in [0, 0.1) is 0 Å². The molecule has 2 fully saturated rings. The normalized spacial score (nSPS) is 27.7. The number of nitrogens with zero attached hydrogens (tertiary/aromatic N) is 2. The molecule has 0 atom stereocenters. The molecule has 1 saturated heterocycles. The molecule has 0 aromatic rings. The molecule has 0 spiro atoms. The number of likely N-dealkylation sites (N-methyl/N-ethyl adjacent to an activating group) is 2. The van der Waals surface area contributed by atoms with Gasteiger partial charge in [0.2, 0.25) is 0 Å². The summed E-state index contributed by atoms with van der Waals surface area (Å²) in [7, 11) is 4.50. The fourth-order valence-electron chi connectivity index (χ4n) is 3.18. The predicted molar refractivity (Wildman–Crippen MR) is 89.0 cm³/mol. The Morgan fingerprint density at radius 3 is 2.00 bits per heavy atom. The van der Waals surface area contributed by atoms with E-state index in [1.54, 1.807) is 11.1 Å². The topological polar surface area (TPSA) is 6.48 Å². The quantitative estimate of drug-likeness (QED) is 0.692. The number of rotatable bonds is 2. The molecule has 106 valence electrons. The molecule has 0 amide bonds. The molecule has 0 aromatic carbocycles. The van der Waals surface area contributed by atoms with Crippen molar-refractivity contribution in [2.75, 3.05) is 27.2 Å². The Hall–Kier alpha value is 0.264. The van der Waals surface area contributed by atoms with Crippen LogP contribution < -0.4 is 0 Å². The van der Waals surface area contributed by atoms with Crippen LogP contribution in [0.3, 0.4) is 0 Å². The first-order chi connectivity index (χ1) is 8.87. The van der Waals surface area contributed by atoms with Gasteiger partial charge in [-0.3, -0.25) is 0 Å². The summed E-state index contributed by atoms with van der Waals surface area (Å²) in [4.78, 5) is 12.5. The fourth-order valence-corrected chi connectivity index (χ4v) is 7.11. The van der Waals surface area contributed by atoms with E-state index in [9.17, 15) is 0 Å². The van der Waals surface area contributed by atoms with Crippen molar-refractivity contribution in [2.45, 2.75) is 40.5 Å². The molecule has 0 unspecified atom stereocenters. The SMILES string of the molecule is CN1CCN(C)B1C=C1CCCCC1=[CH][Sn]([CH3])([CH3])[CH3]. The Balaban J connectivity index is 2.22. The summed E-state index contributed by atoms with van der Waals surface area (Å²) in [5.41, 5.74) is 3.35. The molecule has 2 rings (SSSR count). The first-order valence-corrected chi connectivity index (χ1v) is 17.9. The summed E-state index contributed by atoms with van der Waals surface area (Å²) >= 11 is -1.82. The Morgan fingerprint density at radius 1 is 0.947 bits per heavy atom. The van der Waals surface area contributed by atoms with Gasteiger partial charge in [0.15, 0.2) is 0 Å². The molecular formula is C15H29BN2Sn. The van der Waals surface area contributed by atoms with Gasteiger partial charge in [-0.25, -0.2) is 0 Å². The van der Waals surface area contributed by atoms with Crippen LogP contribution >= 0.6 is 0 Å². The van der Waals surface area contributed by atoms with Crippen LogP contribution in [0.2, 0.25) is 14.8 Å². The Bertz CT molecular complexity index is 374. The first kappa shape index (κ1) is 15.6. The van der Waals surface area contributed by atoms with Gasteiger partial charge in [0.1, 0.15) is 0 Å². The van der Waals surface area contributed by atoms with Gasteiger partial charge < -0.3 is 0 Å². The summed E-state index contributed by atoms with van der Waals surface area (Å²) in [6, 6.07) is 0. The van der Waals surface area contributed by atoms with Crippen molar-refractivity contribution in [3.8, 4) is 0 Å². The van der Waals surface area contributed by atoms with Crippen LogP contribution in [-0.4, -0.2) is 62.2 Å². The fraction of sp³-hybridized carbons (Fsp3) is 0.733. The average Bonchev–Trinajstić information content (AvgIpc) is 2.61. The second-order valence-corrected chi connectivity index (χ2v) is 21.6. The zero-order chi connectivity index (χ0) is 14.0. The van der Waals surface area contributed by atoms with Crippen molar-refractivity contribution < 1.29 is 0 Å². The van der Waals surface area contributed by atoms with Gasteiger partial charge in [0.05, 0.1) is 0 Å². The number of hydrogen-bond donors (Lipinski definition) is 0. The molecule has 1 aliphatic carbocycles. The summed E-state index contributed by atoms with van der Waals surface area (Å²) in [6.45, 7) is 2.91. The molecule has 0 N–H and O–H groups in total. The van der Waals surface area contributed by atoms with E-state index in [0.29, 0.717) is 6.98 Å². The first-order valence-electron chi connectivity index (χ1n) is 7.70. The van der Waals surface area contributed by atoms with E-state index in [0.717, 1.165) is 0 Å². The van der Waals surface area contributed by atoms with Crippen molar-refractivity contribution in [3.05, 3.63) is 21.2 Å². The molecule has 0 radical (unpaired) electrons. The molecule has 0 bridgehead atoms. The maximum absolute atomic E-state index is 2.70. The zero-order valence-electron chi connectivity index (χ0n) is 13.4. The van der Waals surface area contributed by atoms with Gasteiger partial charge in [-0.1, -0.05) is 0 Å². The van der Waals surface area contributed by atoms with Crippen LogP contribution in [0.25, 0.3) is 0 Å². The van der Waals surface area contributed by atoms with Gasteiger partial charge in [-0.15, -0.1) is 0 Å².